The number of carbonyl (C=O) groups is 1. The van der Waals surface area contributed by atoms with Gasteiger partial charge in [0.05, 0.1) is 13.7 Å². The van der Waals surface area contributed by atoms with E-state index in [4.69, 9.17) is 14.2 Å². The van der Waals surface area contributed by atoms with Crippen LogP contribution >= 0.6 is 0 Å². The number of nitrogens with one attached hydrogen (secondary N) is 3. The first-order valence-corrected chi connectivity index (χ1v) is 10.6. The first-order valence-electron chi connectivity index (χ1n) is 10.6. The number of para-hydroxylation sites is 2. The van der Waals surface area contributed by atoms with Crippen molar-refractivity contribution in [3.05, 3.63) is 54.1 Å². The zero-order chi connectivity index (χ0) is 20.8. The molecule has 3 N–H and O–H groups in total. The highest BCUT2D eigenvalue weighted by molar-refractivity contribution is 5.76. The fourth-order valence-electron chi connectivity index (χ4n) is 4.02. The van der Waals surface area contributed by atoms with Gasteiger partial charge in [-0.2, -0.15) is 0 Å². The molecule has 1 amide bonds. The Kier molecular flexibility index (Phi) is 6.71. The maximum Gasteiger partial charge on any atom is 0.275 e. The SMILES string of the molecule is COc1ccc(C[NH+]2CC[NH+](CC(=O)NC[C@@H]3COc4ccccc4O3)CC2)cc1. The van der Waals surface area contributed by atoms with Gasteiger partial charge in [0, 0.05) is 5.56 Å². The predicted molar refractivity (Wildman–Crippen MR) is 112 cm³/mol. The number of hydrogen-bond acceptors (Lipinski definition) is 4. The molecule has 30 heavy (non-hydrogen) atoms. The summed E-state index contributed by atoms with van der Waals surface area (Å²) in [6, 6.07) is 15.9. The van der Waals surface area contributed by atoms with Gasteiger partial charge in [-0.15, -0.1) is 0 Å². The first kappa shape index (κ1) is 20.5. The molecule has 0 spiro atoms. The van der Waals surface area contributed by atoms with Gasteiger partial charge >= 0.3 is 0 Å². The van der Waals surface area contributed by atoms with E-state index in [0.29, 0.717) is 19.7 Å². The zero-order valence-corrected chi connectivity index (χ0v) is 17.5. The Balaban J connectivity index is 1.15. The van der Waals surface area contributed by atoms with E-state index < -0.39 is 0 Å². The number of ether oxygens (including phenoxy) is 3. The van der Waals surface area contributed by atoms with Crippen molar-refractivity contribution >= 4 is 5.91 Å². The van der Waals surface area contributed by atoms with Crippen LogP contribution in [0.2, 0.25) is 0 Å². The van der Waals surface area contributed by atoms with Crippen LogP contribution in [0.4, 0.5) is 0 Å². The number of hydrogen-bond donors (Lipinski definition) is 3. The number of amides is 1. The maximum absolute atomic E-state index is 12.4. The Hall–Kier alpha value is -2.77. The average Bonchev–Trinajstić information content (AvgIpc) is 2.79. The van der Waals surface area contributed by atoms with Crippen molar-refractivity contribution in [2.75, 3.05) is 53.0 Å². The van der Waals surface area contributed by atoms with E-state index in [9.17, 15) is 4.79 Å². The number of quaternary nitrogens is 2. The van der Waals surface area contributed by atoms with Crippen LogP contribution in [0.15, 0.2) is 48.5 Å². The molecule has 0 aromatic heterocycles. The lowest BCUT2D eigenvalue weighted by Crippen LogP contribution is -3.28. The molecule has 1 atom stereocenters. The number of fused-ring (bicyclic) bond motifs is 1. The van der Waals surface area contributed by atoms with Crippen LogP contribution in [-0.2, 0) is 11.3 Å². The highest BCUT2D eigenvalue weighted by Gasteiger charge is 2.26. The van der Waals surface area contributed by atoms with E-state index in [2.05, 4.69) is 17.4 Å². The van der Waals surface area contributed by atoms with Crippen molar-refractivity contribution in [3.8, 4) is 17.2 Å². The molecular formula is C23H31N3O4+2. The van der Waals surface area contributed by atoms with Crippen molar-refractivity contribution in [3.63, 3.8) is 0 Å². The standard InChI is InChI=1S/C23H29N3O4/c1-28-19-8-6-18(7-9-19)15-25-10-12-26(13-11-25)16-23(27)24-14-20-17-29-21-4-2-3-5-22(21)30-20/h2-9,20H,10-17H2,1H3,(H,24,27)/p+2/t20-/m1/s1. The second kappa shape index (κ2) is 9.82. The van der Waals surface area contributed by atoms with Gasteiger partial charge in [-0.1, -0.05) is 12.1 Å². The summed E-state index contributed by atoms with van der Waals surface area (Å²) in [4.78, 5) is 15.3. The van der Waals surface area contributed by atoms with Crippen LogP contribution in [-0.4, -0.2) is 65.0 Å². The van der Waals surface area contributed by atoms with Gasteiger partial charge in [0.2, 0.25) is 0 Å². The van der Waals surface area contributed by atoms with Crippen LogP contribution < -0.4 is 29.3 Å². The Morgan fingerprint density at radius 1 is 1.03 bits per heavy atom. The summed E-state index contributed by atoms with van der Waals surface area (Å²) in [6.45, 7) is 6.62. The lowest BCUT2D eigenvalue weighted by Gasteiger charge is -2.30. The van der Waals surface area contributed by atoms with Gasteiger partial charge in [-0.05, 0) is 36.4 Å². The summed E-state index contributed by atoms with van der Waals surface area (Å²) >= 11 is 0. The minimum Gasteiger partial charge on any atom is -0.497 e. The van der Waals surface area contributed by atoms with Crippen LogP contribution in [0.25, 0.3) is 0 Å². The Morgan fingerprint density at radius 2 is 1.73 bits per heavy atom. The molecule has 7 heteroatoms. The van der Waals surface area contributed by atoms with Crippen molar-refractivity contribution < 1.29 is 28.8 Å². The van der Waals surface area contributed by atoms with E-state index in [1.807, 2.05) is 36.4 Å². The molecule has 2 aromatic rings. The summed E-state index contributed by atoms with van der Waals surface area (Å²) in [5.74, 6) is 2.47. The molecule has 160 valence electrons. The lowest BCUT2D eigenvalue weighted by atomic mass is 10.2. The molecule has 1 fully saturated rings. The van der Waals surface area contributed by atoms with Gasteiger partial charge < -0.3 is 29.3 Å². The van der Waals surface area contributed by atoms with E-state index in [0.717, 1.165) is 50.0 Å². The molecule has 2 aromatic carbocycles. The molecule has 7 nitrogen and oxygen atoms in total. The lowest BCUT2D eigenvalue weighted by molar-refractivity contribution is -1.02. The molecule has 4 rings (SSSR count). The van der Waals surface area contributed by atoms with Crippen LogP contribution in [0.5, 0.6) is 17.2 Å². The van der Waals surface area contributed by atoms with Crippen molar-refractivity contribution in [1.82, 2.24) is 5.32 Å². The van der Waals surface area contributed by atoms with E-state index in [-0.39, 0.29) is 12.0 Å². The average molecular weight is 414 g/mol. The third kappa shape index (κ3) is 5.43. The molecule has 2 aliphatic heterocycles. The van der Waals surface area contributed by atoms with Crippen molar-refractivity contribution in [2.45, 2.75) is 12.6 Å². The molecule has 2 heterocycles. The summed E-state index contributed by atoms with van der Waals surface area (Å²) < 4.78 is 16.8. The smallest absolute Gasteiger partial charge is 0.275 e. The molecule has 0 bridgehead atoms. The normalized spacial score (nSPS) is 22.9. The quantitative estimate of drug-likeness (QED) is 0.541. The van der Waals surface area contributed by atoms with Gasteiger partial charge in [0.1, 0.15) is 51.2 Å². The summed E-state index contributed by atoms with van der Waals surface area (Å²) in [7, 11) is 1.69. The van der Waals surface area contributed by atoms with Crippen molar-refractivity contribution in [2.24, 2.45) is 0 Å². The summed E-state index contributed by atoms with van der Waals surface area (Å²) in [6.07, 6.45) is -0.148. The Morgan fingerprint density at radius 3 is 2.47 bits per heavy atom. The predicted octanol–water partition coefficient (Wildman–Crippen LogP) is -1.07. The number of piperazine rings is 1. The third-order valence-electron chi connectivity index (χ3n) is 5.78. The highest BCUT2D eigenvalue weighted by atomic mass is 16.6. The van der Waals surface area contributed by atoms with Crippen LogP contribution in [0, 0.1) is 0 Å². The van der Waals surface area contributed by atoms with Crippen LogP contribution in [0.3, 0.4) is 0 Å². The first-order chi connectivity index (χ1) is 14.7. The molecule has 1 saturated heterocycles. The largest absolute Gasteiger partial charge is 0.497 e. The molecule has 0 radical (unpaired) electrons. The number of carbonyl (C=O) groups excluding carboxylic acids is 1. The molecule has 0 saturated carbocycles. The van der Waals surface area contributed by atoms with Gasteiger partial charge in [-0.25, -0.2) is 0 Å². The fourth-order valence-corrected chi connectivity index (χ4v) is 4.02. The summed E-state index contributed by atoms with van der Waals surface area (Å²) in [5.41, 5.74) is 1.32. The second-order valence-electron chi connectivity index (χ2n) is 8.00. The van der Waals surface area contributed by atoms with Gasteiger partial charge in [0.25, 0.3) is 5.91 Å². The van der Waals surface area contributed by atoms with Crippen molar-refractivity contribution in [1.29, 1.82) is 0 Å². The molecule has 0 unspecified atom stereocenters. The maximum atomic E-state index is 12.4. The minimum absolute atomic E-state index is 0.0751. The van der Waals surface area contributed by atoms with E-state index in [1.54, 1.807) is 12.0 Å². The molecule has 0 aliphatic carbocycles. The van der Waals surface area contributed by atoms with E-state index >= 15 is 0 Å². The zero-order valence-electron chi connectivity index (χ0n) is 17.5. The molecule has 2 aliphatic rings. The Labute approximate surface area is 177 Å². The van der Waals surface area contributed by atoms with Gasteiger partial charge in [-0.3, -0.25) is 4.79 Å². The third-order valence-corrected chi connectivity index (χ3v) is 5.78. The minimum atomic E-state index is -0.148. The second-order valence-corrected chi connectivity index (χ2v) is 8.00. The van der Waals surface area contributed by atoms with Gasteiger partial charge in [0.15, 0.2) is 18.0 Å². The number of methoxy groups -OCH3 is 1. The Bertz CT molecular complexity index is 835. The monoisotopic (exact) mass is 413 g/mol. The highest BCUT2D eigenvalue weighted by Crippen LogP contribution is 2.30. The fraction of sp³-hybridized carbons (Fsp3) is 0.435. The summed E-state index contributed by atoms with van der Waals surface area (Å²) in [5, 5.41) is 3.01. The topological polar surface area (TPSA) is 65.7 Å². The van der Waals surface area contributed by atoms with Crippen LogP contribution in [0.1, 0.15) is 5.56 Å². The number of benzene rings is 2. The van der Waals surface area contributed by atoms with E-state index in [1.165, 1.54) is 10.5 Å². The molecular weight excluding hydrogens is 382 g/mol. The number of rotatable bonds is 7.